The fourth-order valence-electron chi connectivity index (χ4n) is 5.85. The molecule has 2 aliphatic heterocycles. The predicted molar refractivity (Wildman–Crippen MR) is 140 cm³/mol. The normalized spacial score (nSPS) is 24.2. The molecule has 3 fully saturated rings. The van der Waals surface area contributed by atoms with Gasteiger partial charge < -0.3 is 19.4 Å². The van der Waals surface area contributed by atoms with Crippen LogP contribution in [0.2, 0.25) is 0 Å². The minimum absolute atomic E-state index is 0.0652. The third kappa shape index (κ3) is 3.95. The van der Waals surface area contributed by atoms with Gasteiger partial charge in [0.1, 0.15) is 5.82 Å². The Labute approximate surface area is 224 Å². The number of thiophene rings is 1. The molecule has 1 N–H and O–H groups in total. The summed E-state index contributed by atoms with van der Waals surface area (Å²) in [5.74, 6) is -0.393. The van der Waals surface area contributed by atoms with Crippen LogP contribution in [-0.4, -0.2) is 69.6 Å². The molecule has 3 atom stereocenters. The van der Waals surface area contributed by atoms with Crippen LogP contribution in [0.1, 0.15) is 41.8 Å². The lowest BCUT2D eigenvalue weighted by Crippen LogP contribution is -2.41. The van der Waals surface area contributed by atoms with Crippen LogP contribution in [0.5, 0.6) is 0 Å². The number of imide groups is 1. The van der Waals surface area contributed by atoms with Crippen LogP contribution in [0.25, 0.3) is 21.6 Å². The number of piperidine rings is 1. The van der Waals surface area contributed by atoms with Gasteiger partial charge in [-0.1, -0.05) is 13.8 Å². The molecule has 3 aromatic rings. The van der Waals surface area contributed by atoms with Crippen molar-refractivity contribution >= 4 is 39.3 Å². The molecule has 2 saturated heterocycles. The van der Waals surface area contributed by atoms with E-state index < -0.39 is 5.97 Å². The van der Waals surface area contributed by atoms with Gasteiger partial charge in [-0.05, 0) is 31.4 Å². The molecule has 0 bridgehead atoms. The van der Waals surface area contributed by atoms with E-state index in [0.29, 0.717) is 31.2 Å². The maximum absolute atomic E-state index is 12.9. The van der Waals surface area contributed by atoms with Gasteiger partial charge in [0.15, 0.2) is 5.69 Å². The number of nitrogens with one attached hydrogen (secondary N) is 1. The highest BCUT2D eigenvalue weighted by atomic mass is 32.1. The second-order valence-electron chi connectivity index (χ2n) is 10.7. The molecule has 3 aliphatic rings. The highest BCUT2D eigenvalue weighted by molar-refractivity contribution is 7.19. The minimum Gasteiger partial charge on any atom is -0.461 e. The number of nitrogens with zero attached hydrogens (tertiary/aromatic N) is 4. The number of fused-ring (bicyclic) bond motifs is 2. The van der Waals surface area contributed by atoms with Crippen molar-refractivity contribution < 1.29 is 23.9 Å². The van der Waals surface area contributed by atoms with Gasteiger partial charge >= 0.3 is 5.97 Å². The lowest BCUT2D eigenvalue weighted by atomic mass is 10.1. The fourth-order valence-corrected chi connectivity index (χ4v) is 6.97. The first-order valence-corrected chi connectivity index (χ1v) is 13.8. The maximum Gasteiger partial charge on any atom is 0.358 e. The number of hydrogen-bond acceptors (Lipinski definition) is 9. The third-order valence-electron chi connectivity index (χ3n) is 7.99. The number of esters is 1. The molecule has 10 nitrogen and oxygen atoms in total. The van der Waals surface area contributed by atoms with Gasteiger partial charge in [0.25, 0.3) is 0 Å². The Morgan fingerprint density at radius 2 is 2.05 bits per heavy atom. The Hall–Kier alpha value is -3.15. The molecule has 200 valence electrons. The summed E-state index contributed by atoms with van der Waals surface area (Å²) in [7, 11) is 0. The van der Waals surface area contributed by atoms with Crippen molar-refractivity contribution in [3.8, 4) is 11.4 Å². The van der Waals surface area contributed by atoms with Gasteiger partial charge in [-0.2, -0.15) is 0 Å². The lowest BCUT2D eigenvalue weighted by Gasteiger charge is -2.25. The number of aromatic nitrogens is 3. The number of carbonyl (C=O) groups is 3. The van der Waals surface area contributed by atoms with Crippen molar-refractivity contribution in [3.05, 3.63) is 34.6 Å². The molecular formula is C27H31N5O5S. The van der Waals surface area contributed by atoms with Gasteiger partial charge in [0.2, 0.25) is 11.8 Å². The van der Waals surface area contributed by atoms with Crippen LogP contribution in [0.4, 0.5) is 0 Å². The van der Waals surface area contributed by atoms with E-state index in [9.17, 15) is 14.4 Å². The van der Waals surface area contributed by atoms with E-state index in [1.807, 2.05) is 37.5 Å². The van der Waals surface area contributed by atoms with Crippen molar-refractivity contribution in [1.29, 1.82) is 0 Å². The quantitative estimate of drug-likeness (QED) is 0.361. The largest absolute Gasteiger partial charge is 0.461 e. The Kier molecular flexibility index (Phi) is 6.12. The molecule has 2 unspecified atom stereocenters. The first kappa shape index (κ1) is 25.1. The Morgan fingerprint density at radius 1 is 1.29 bits per heavy atom. The standard InChI is InChI=1S/C27H31N5O5S/c1-5-36-26(35)21-14(2)31(12-15-11-28-8-9-37-15)23(30-21)17-6-7-29-18-10-16(38-22(17)18)13-32-24(33)19-20(25(32)34)27(19,3)4/h6-7,10,15,19-20,28H,5,8-9,11-13H2,1-4H3/t15-,19?,20?/m0/s1. The molecule has 11 heteroatoms. The SMILES string of the molecule is CCOC(=O)c1nc(-c2ccnc3cc(CN4C(=O)C5C(C4=O)C5(C)C)sc23)n(C[C@@H]2CNCCO2)c1C. The number of imidazole rings is 1. The summed E-state index contributed by atoms with van der Waals surface area (Å²) < 4.78 is 14.1. The van der Waals surface area contributed by atoms with Crippen LogP contribution in [0.15, 0.2) is 18.3 Å². The van der Waals surface area contributed by atoms with Crippen molar-refractivity contribution in [2.45, 2.75) is 46.9 Å². The average Bonchev–Trinajstić information content (AvgIpc) is 3.18. The Bertz CT molecular complexity index is 1430. The number of likely N-dealkylation sites (tertiary alicyclic amines) is 1. The number of carbonyl (C=O) groups excluding carboxylic acids is 3. The number of morpholine rings is 1. The van der Waals surface area contributed by atoms with Crippen LogP contribution in [-0.2, 0) is 32.2 Å². The summed E-state index contributed by atoms with van der Waals surface area (Å²) in [5.41, 5.74) is 2.35. The monoisotopic (exact) mass is 537 g/mol. The van der Waals surface area contributed by atoms with Gasteiger partial charge in [-0.25, -0.2) is 9.78 Å². The second kappa shape index (κ2) is 9.25. The number of hydrogen-bond donors (Lipinski definition) is 1. The molecule has 38 heavy (non-hydrogen) atoms. The number of ether oxygens (including phenoxy) is 2. The highest BCUT2D eigenvalue weighted by Gasteiger charge is 2.72. The van der Waals surface area contributed by atoms with Crippen LogP contribution < -0.4 is 5.32 Å². The van der Waals surface area contributed by atoms with Gasteiger partial charge in [0.05, 0.1) is 54.5 Å². The Morgan fingerprint density at radius 3 is 2.74 bits per heavy atom. The third-order valence-corrected chi connectivity index (χ3v) is 9.13. The molecule has 5 heterocycles. The first-order valence-electron chi connectivity index (χ1n) is 13.0. The second-order valence-corrected chi connectivity index (χ2v) is 11.9. The first-order chi connectivity index (χ1) is 18.2. The summed E-state index contributed by atoms with van der Waals surface area (Å²) in [4.78, 5) is 50.1. The molecule has 1 saturated carbocycles. The summed E-state index contributed by atoms with van der Waals surface area (Å²) in [6.07, 6.45) is 1.65. The molecule has 3 aromatic heterocycles. The lowest BCUT2D eigenvalue weighted by molar-refractivity contribution is -0.143. The van der Waals surface area contributed by atoms with E-state index in [1.165, 1.54) is 16.2 Å². The summed E-state index contributed by atoms with van der Waals surface area (Å²) in [5, 5.41) is 3.35. The van der Waals surface area contributed by atoms with Crippen molar-refractivity contribution in [1.82, 2.24) is 24.8 Å². The van der Waals surface area contributed by atoms with Crippen molar-refractivity contribution in [2.75, 3.05) is 26.3 Å². The van der Waals surface area contributed by atoms with E-state index in [0.717, 1.165) is 27.2 Å². The topological polar surface area (TPSA) is 116 Å². The zero-order valence-electron chi connectivity index (χ0n) is 21.9. The van der Waals surface area contributed by atoms with Crippen molar-refractivity contribution in [3.63, 3.8) is 0 Å². The number of rotatable bonds is 7. The van der Waals surface area contributed by atoms with Gasteiger partial charge in [0, 0.05) is 35.4 Å². The molecule has 0 aromatic carbocycles. The van der Waals surface area contributed by atoms with Crippen LogP contribution in [0, 0.1) is 24.2 Å². The van der Waals surface area contributed by atoms with E-state index >= 15 is 0 Å². The maximum atomic E-state index is 12.9. The zero-order valence-corrected chi connectivity index (χ0v) is 22.8. The Balaban J connectivity index is 1.36. The van der Waals surface area contributed by atoms with Gasteiger partial charge in [-0.15, -0.1) is 11.3 Å². The minimum atomic E-state index is -0.461. The fraction of sp³-hybridized carbons (Fsp3) is 0.519. The number of pyridine rings is 1. The van der Waals surface area contributed by atoms with E-state index in [1.54, 1.807) is 13.1 Å². The zero-order chi connectivity index (χ0) is 26.8. The van der Waals surface area contributed by atoms with E-state index in [2.05, 4.69) is 10.3 Å². The predicted octanol–water partition coefficient (Wildman–Crippen LogP) is 2.77. The molecule has 0 radical (unpaired) electrons. The van der Waals surface area contributed by atoms with Gasteiger partial charge in [-0.3, -0.25) is 19.5 Å². The average molecular weight is 538 g/mol. The van der Waals surface area contributed by atoms with Crippen molar-refractivity contribution in [2.24, 2.45) is 17.3 Å². The van der Waals surface area contributed by atoms with Crippen LogP contribution in [0.3, 0.4) is 0 Å². The summed E-state index contributed by atoms with van der Waals surface area (Å²) in [6.45, 7) is 10.8. The van der Waals surface area contributed by atoms with Crippen LogP contribution >= 0.6 is 11.3 Å². The number of amides is 2. The molecule has 6 rings (SSSR count). The van der Waals surface area contributed by atoms with E-state index in [-0.39, 0.29) is 54.0 Å². The summed E-state index contributed by atoms with van der Waals surface area (Å²) >= 11 is 1.49. The summed E-state index contributed by atoms with van der Waals surface area (Å²) in [6, 6.07) is 3.82. The molecular weight excluding hydrogens is 506 g/mol. The molecule has 0 spiro atoms. The smallest absolute Gasteiger partial charge is 0.358 e. The highest BCUT2D eigenvalue weighted by Crippen LogP contribution is 2.63. The molecule has 2 amide bonds. The molecule has 1 aliphatic carbocycles. The van der Waals surface area contributed by atoms with E-state index in [4.69, 9.17) is 14.5 Å².